The molecule has 4 nitrogen and oxygen atoms in total. The molecule has 0 unspecified atom stereocenters. The van der Waals surface area contributed by atoms with Crippen molar-refractivity contribution in [2.45, 2.75) is 58.8 Å². The standard InChI is InChI=1S/C15H25NO3/c1-3-15(4-2,14(18)19)11-16-13(17)10-12-8-6-5-7-9-12/h8H,3-7,9-11H2,1-2H3,(H,16,17)(H,18,19). The Labute approximate surface area is 115 Å². The van der Waals surface area contributed by atoms with Gasteiger partial charge in [-0.2, -0.15) is 0 Å². The zero-order valence-electron chi connectivity index (χ0n) is 12.0. The minimum Gasteiger partial charge on any atom is -0.481 e. The molecule has 0 saturated heterocycles. The number of aliphatic carboxylic acids is 1. The van der Waals surface area contributed by atoms with E-state index < -0.39 is 11.4 Å². The van der Waals surface area contributed by atoms with Gasteiger partial charge in [-0.3, -0.25) is 9.59 Å². The second-order valence-electron chi connectivity index (χ2n) is 5.35. The Bertz CT molecular complexity index is 356. The third-order valence-corrected chi connectivity index (χ3v) is 4.20. The lowest BCUT2D eigenvalue weighted by molar-refractivity contribution is -0.149. The number of rotatable bonds is 7. The molecule has 2 N–H and O–H groups in total. The van der Waals surface area contributed by atoms with Crippen molar-refractivity contribution in [2.24, 2.45) is 5.41 Å². The highest BCUT2D eigenvalue weighted by atomic mass is 16.4. The molecule has 1 amide bonds. The Kier molecular flexibility index (Phi) is 6.06. The van der Waals surface area contributed by atoms with E-state index in [4.69, 9.17) is 0 Å². The van der Waals surface area contributed by atoms with Crippen molar-refractivity contribution >= 4 is 11.9 Å². The summed E-state index contributed by atoms with van der Waals surface area (Å²) in [6.45, 7) is 3.93. The number of allylic oxidation sites excluding steroid dienone is 1. The van der Waals surface area contributed by atoms with Crippen LogP contribution in [0.2, 0.25) is 0 Å². The normalized spacial score (nSPS) is 15.8. The molecule has 0 aromatic heterocycles. The quantitative estimate of drug-likeness (QED) is 0.697. The van der Waals surface area contributed by atoms with Gasteiger partial charge in [0, 0.05) is 13.0 Å². The van der Waals surface area contributed by atoms with Crippen molar-refractivity contribution in [1.82, 2.24) is 5.32 Å². The highest BCUT2D eigenvalue weighted by molar-refractivity contribution is 5.80. The van der Waals surface area contributed by atoms with Crippen molar-refractivity contribution < 1.29 is 14.7 Å². The Balaban J connectivity index is 2.48. The maximum atomic E-state index is 11.9. The minimum atomic E-state index is -0.824. The summed E-state index contributed by atoms with van der Waals surface area (Å²) in [7, 11) is 0. The van der Waals surface area contributed by atoms with Gasteiger partial charge in [-0.15, -0.1) is 0 Å². The average Bonchev–Trinajstić information content (AvgIpc) is 2.41. The van der Waals surface area contributed by atoms with Crippen molar-refractivity contribution in [3.63, 3.8) is 0 Å². The smallest absolute Gasteiger partial charge is 0.311 e. The first-order valence-electron chi connectivity index (χ1n) is 7.22. The molecule has 4 heteroatoms. The SMILES string of the molecule is CCC(CC)(CNC(=O)CC1=CCCCC1)C(=O)O. The lowest BCUT2D eigenvalue weighted by Gasteiger charge is -2.27. The maximum Gasteiger partial charge on any atom is 0.311 e. The Hall–Kier alpha value is -1.32. The van der Waals surface area contributed by atoms with Gasteiger partial charge in [-0.05, 0) is 38.5 Å². The van der Waals surface area contributed by atoms with E-state index in [1.807, 2.05) is 13.8 Å². The molecular formula is C15H25NO3. The molecule has 0 atom stereocenters. The van der Waals surface area contributed by atoms with E-state index >= 15 is 0 Å². The van der Waals surface area contributed by atoms with Crippen LogP contribution in [-0.2, 0) is 9.59 Å². The van der Waals surface area contributed by atoms with Crippen LogP contribution in [0.5, 0.6) is 0 Å². The Morgan fingerprint density at radius 3 is 2.47 bits per heavy atom. The van der Waals surface area contributed by atoms with Crippen LogP contribution < -0.4 is 5.32 Å². The maximum absolute atomic E-state index is 11.9. The summed E-state index contributed by atoms with van der Waals surface area (Å²) < 4.78 is 0. The first-order valence-corrected chi connectivity index (χ1v) is 7.22. The van der Waals surface area contributed by atoms with Gasteiger partial charge in [-0.25, -0.2) is 0 Å². The fraction of sp³-hybridized carbons (Fsp3) is 0.733. The van der Waals surface area contributed by atoms with Crippen LogP contribution in [0.4, 0.5) is 0 Å². The van der Waals surface area contributed by atoms with Gasteiger partial charge in [0.15, 0.2) is 0 Å². The Morgan fingerprint density at radius 1 is 1.32 bits per heavy atom. The third kappa shape index (κ3) is 4.37. The fourth-order valence-corrected chi connectivity index (χ4v) is 2.48. The Morgan fingerprint density at radius 2 is 2.00 bits per heavy atom. The van der Waals surface area contributed by atoms with E-state index in [9.17, 15) is 14.7 Å². The van der Waals surface area contributed by atoms with Crippen molar-refractivity contribution in [2.75, 3.05) is 6.54 Å². The molecule has 0 fully saturated rings. The summed E-state index contributed by atoms with van der Waals surface area (Å²) in [5, 5.41) is 12.1. The largest absolute Gasteiger partial charge is 0.481 e. The van der Waals surface area contributed by atoms with Gasteiger partial charge in [0.25, 0.3) is 0 Å². The molecule has 0 saturated carbocycles. The minimum absolute atomic E-state index is 0.0549. The molecule has 1 aliphatic carbocycles. The van der Waals surface area contributed by atoms with Gasteiger partial charge in [0.05, 0.1) is 5.41 Å². The van der Waals surface area contributed by atoms with E-state index in [-0.39, 0.29) is 12.5 Å². The van der Waals surface area contributed by atoms with Crippen LogP contribution in [0.3, 0.4) is 0 Å². The van der Waals surface area contributed by atoms with Crippen molar-refractivity contribution in [3.8, 4) is 0 Å². The summed E-state index contributed by atoms with van der Waals surface area (Å²) in [5.41, 5.74) is 0.369. The molecule has 0 radical (unpaired) electrons. The summed E-state index contributed by atoms with van der Waals surface area (Å²) in [6, 6.07) is 0. The summed E-state index contributed by atoms with van der Waals surface area (Å²) in [4.78, 5) is 23.2. The molecule has 1 rings (SSSR count). The second-order valence-corrected chi connectivity index (χ2v) is 5.35. The van der Waals surface area contributed by atoms with E-state index in [0.717, 1.165) is 19.3 Å². The monoisotopic (exact) mass is 267 g/mol. The molecule has 0 heterocycles. The molecule has 0 spiro atoms. The predicted octanol–water partition coefficient (Wildman–Crippen LogP) is 2.88. The lowest BCUT2D eigenvalue weighted by Crippen LogP contribution is -2.42. The summed E-state index contributed by atoms with van der Waals surface area (Å²) >= 11 is 0. The molecule has 0 bridgehead atoms. The third-order valence-electron chi connectivity index (χ3n) is 4.20. The highest BCUT2D eigenvalue weighted by Crippen LogP contribution is 2.26. The zero-order valence-corrected chi connectivity index (χ0v) is 12.0. The number of carboxylic acids is 1. The molecule has 19 heavy (non-hydrogen) atoms. The van der Waals surface area contributed by atoms with Crippen LogP contribution in [0.25, 0.3) is 0 Å². The van der Waals surface area contributed by atoms with Crippen LogP contribution in [0.1, 0.15) is 58.8 Å². The van der Waals surface area contributed by atoms with E-state index in [2.05, 4.69) is 11.4 Å². The number of nitrogens with one attached hydrogen (secondary N) is 1. The second kappa shape index (κ2) is 7.31. The van der Waals surface area contributed by atoms with E-state index in [0.29, 0.717) is 19.3 Å². The number of hydrogen-bond donors (Lipinski definition) is 2. The molecule has 0 aliphatic heterocycles. The van der Waals surface area contributed by atoms with Crippen molar-refractivity contribution in [1.29, 1.82) is 0 Å². The first-order chi connectivity index (χ1) is 9.04. The van der Waals surface area contributed by atoms with Gasteiger partial charge in [0.1, 0.15) is 0 Å². The number of carbonyl (C=O) groups is 2. The molecular weight excluding hydrogens is 242 g/mol. The summed E-state index contributed by atoms with van der Waals surface area (Å²) in [6.07, 6.45) is 8.05. The first kappa shape index (κ1) is 15.7. The number of amides is 1. The summed E-state index contributed by atoms with van der Waals surface area (Å²) in [5.74, 6) is -0.879. The molecule has 0 aromatic carbocycles. The fourth-order valence-electron chi connectivity index (χ4n) is 2.48. The van der Waals surface area contributed by atoms with Crippen molar-refractivity contribution in [3.05, 3.63) is 11.6 Å². The highest BCUT2D eigenvalue weighted by Gasteiger charge is 2.35. The van der Waals surface area contributed by atoms with Gasteiger partial charge < -0.3 is 10.4 Å². The average molecular weight is 267 g/mol. The molecule has 108 valence electrons. The van der Waals surface area contributed by atoms with E-state index in [1.165, 1.54) is 12.0 Å². The molecule has 1 aliphatic rings. The van der Waals surface area contributed by atoms with Crippen LogP contribution in [-0.4, -0.2) is 23.5 Å². The van der Waals surface area contributed by atoms with Crippen LogP contribution in [0.15, 0.2) is 11.6 Å². The molecule has 0 aromatic rings. The van der Waals surface area contributed by atoms with Gasteiger partial charge in [0.2, 0.25) is 5.91 Å². The number of hydrogen-bond acceptors (Lipinski definition) is 2. The lowest BCUT2D eigenvalue weighted by atomic mass is 9.82. The number of carboxylic acid groups (broad SMARTS) is 1. The van der Waals surface area contributed by atoms with Crippen LogP contribution in [0, 0.1) is 5.41 Å². The predicted molar refractivity (Wildman–Crippen MR) is 74.8 cm³/mol. The topological polar surface area (TPSA) is 66.4 Å². The van der Waals surface area contributed by atoms with Gasteiger partial charge >= 0.3 is 5.97 Å². The van der Waals surface area contributed by atoms with Gasteiger partial charge in [-0.1, -0.05) is 25.5 Å². The zero-order chi connectivity index (χ0) is 14.3. The van der Waals surface area contributed by atoms with E-state index in [1.54, 1.807) is 0 Å². The number of carbonyl (C=O) groups excluding carboxylic acids is 1. The van der Waals surface area contributed by atoms with Crippen LogP contribution >= 0.6 is 0 Å².